The van der Waals surface area contributed by atoms with Crippen LogP contribution in [0.2, 0.25) is 0 Å². The van der Waals surface area contributed by atoms with E-state index in [9.17, 15) is 0 Å². The number of anilines is 9. The lowest BCUT2D eigenvalue weighted by molar-refractivity contribution is 0.332. The number of rotatable bonds is 5. The van der Waals surface area contributed by atoms with E-state index >= 15 is 0 Å². The zero-order valence-electron chi connectivity index (χ0n) is 49.8. The van der Waals surface area contributed by atoms with Gasteiger partial charge in [-0.3, -0.25) is 4.90 Å². The van der Waals surface area contributed by atoms with E-state index in [1.807, 2.05) is 0 Å². The summed E-state index contributed by atoms with van der Waals surface area (Å²) in [6.45, 7) is 34.5. The average molecular weight is 1040 g/mol. The van der Waals surface area contributed by atoms with Gasteiger partial charge in [0.05, 0.1) is 5.69 Å². The van der Waals surface area contributed by atoms with Crippen LogP contribution < -0.4 is 31.1 Å². The molecule has 4 nitrogen and oxygen atoms in total. The predicted octanol–water partition coefficient (Wildman–Crippen LogP) is 19.0. The van der Waals surface area contributed by atoms with Gasteiger partial charge in [-0.15, -0.1) is 0 Å². The second kappa shape index (κ2) is 17.0. The number of benzene rings is 7. The van der Waals surface area contributed by atoms with Crippen LogP contribution in [0.15, 0.2) is 138 Å². The summed E-state index contributed by atoms with van der Waals surface area (Å²) in [7, 11) is 0. The smallest absolute Gasteiger partial charge is 0.257 e. The van der Waals surface area contributed by atoms with Crippen LogP contribution in [0.4, 0.5) is 51.4 Å². The minimum Gasteiger partial charge on any atom is -0.440 e. The van der Waals surface area contributed by atoms with E-state index < -0.39 is 0 Å². The van der Waals surface area contributed by atoms with Crippen molar-refractivity contribution in [3.05, 3.63) is 178 Å². The fourth-order valence-corrected chi connectivity index (χ4v) is 16.0. The molecule has 2 aliphatic heterocycles. The molecule has 0 bridgehead atoms. The second-order valence-corrected chi connectivity index (χ2v) is 29.4. The van der Waals surface area contributed by atoms with Crippen molar-refractivity contribution in [3.8, 4) is 0 Å². The zero-order chi connectivity index (χ0) is 55.1. The number of hydrogen-bond acceptors (Lipinski definition) is 4. The molecule has 0 saturated carbocycles. The molecule has 0 N–H and O–H groups in total. The highest BCUT2D eigenvalue weighted by atomic mass is 16.4. The normalized spacial score (nSPS) is 21.9. The van der Waals surface area contributed by atoms with Crippen molar-refractivity contribution >= 4 is 85.5 Å². The van der Waals surface area contributed by atoms with Crippen LogP contribution >= 0.6 is 0 Å². The van der Waals surface area contributed by atoms with Crippen molar-refractivity contribution in [1.82, 2.24) is 0 Å². The van der Waals surface area contributed by atoms with E-state index in [2.05, 4.69) is 245 Å². The summed E-state index contributed by atoms with van der Waals surface area (Å²) in [6, 6.07) is 52.7. The van der Waals surface area contributed by atoms with E-state index in [4.69, 9.17) is 4.42 Å². The molecule has 0 amide bonds. The number of para-hydroxylation sites is 2. The third kappa shape index (κ3) is 7.59. The van der Waals surface area contributed by atoms with Crippen molar-refractivity contribution in [2.24, 2.45) is 0 Å². The van der Waals surface area contributed by atoms with Gasteiger partial charge >= 0.3 is 0 Å². The molecule has 7 aromatic carbocycles. The van der Waals surface area contributed by atoms with Gasteiger partial charge in [0.1, 0.15) is 5.58 Å². The van der Waals surface area contributed by atoms with Crippen molar-refractivity contribution < 1.29 is 4.42 Å². The Morgan fingerprint density at radius 1 is 0.418 bits per heavy atom. The molecule has 79 heavy (non-hydrogen) atoms. The lowest BCUT2D eigenvalue weighted by Crippen LogP contribution is -2.61. The standard InChI is InChI=1S/C74H82BN3O/c1-45-25-26-46(2)53-42-65-54(41-52(45)53)66-68(79-65)78(50-28-30-56-58(38-50)72(9,10)34-32-70(56,5)6)64-40-51(76(47-21-17-15-18-22-47)48-23-19-16-20-24-48)39-63-67(64)75(66)61-43-59-60(74(13,14)36-35-73(59,11)12)44-62(61)77(63)49-27-29-55-57(37-49)71(7,8)33-31-69(55,3)4/h15-24,27-30,37-46H,25-26,31-36H2,1-14H3. The Morgan fingerprint density at radius 2 is 0.848 bits per heavy atom. The van der Waals surface area contributed by atoms with E-state index in [0.29, 0.717) is 11.8 Å². The van der Waals surface area contributed by atoms with Gasteiger partial charge in [-0.1, -0.05) is 152 Å². The molecule has 2 atom stereocenters. The number of nitrogens with zero attached hydrogens (tertiary/aromatic N) is 3. The number of fused-ring (bicyclic) bond motifs is 10. The first kappa shape index (κ1) is 50.7. The lowest BCUT2D eigenvalue weighted by atomic mass is 9.33. The van der Waals surface area contributed by atoms with E-state index in [0.717, 1.165) is 59.9 Å². The monoisotopic (exact) mass is 1040 g/mol. The third-order valence-electron chi connectivity index (χ3n) is 21.4. The topological polar surface area (TPSA) is 22.9 Å². The highest BCUT2D eigenvalue weighted by Crippen LogP contribution is 2.56. The summed E-state index contributed by atoms with van der Waals surface area (Å²) < 4.78 is 7.78. The molecule has 0 fully saturated rings. The van der Waals surface area contributed by atoms with E-state index in [1.165, 1.54) is 115 Å². The first-order valence-electron chi connectivity index (χ1n) is 30.2. The van der Waals surface area contributed by atoms with Crippen LogP contribution in [-0.2, 0) is 32.5 Å². The SMILES string of the molecule is CC1CCC(C)c2cc3c4c(oc3cc21)N(c1ccc2c(c1)C(C)(C)CCC2(C)C)c1cc(N(c2ccccc2)c2ccccc2)cc2c1B4c1cc3c(cc1N2c1ccc2c(c1)C(C)(C)CCC2(C)C)C(C)(C)CCC3(C)C. The van der Waals surface area contributed by atoms with Gasteiger partial charge in [0.25, 0.3) is 6.71 Å². The molecule has 1 aromatic heterocycles. The van der Waals surface area contributed by atoms with Crippen LogP contribution in [0.5, 0.6) is 0 Å². The van der Waals surface area contributed by atoms with Gasteiger partial charge in [0, 0.05) is 50.7 Å². The maximum atomic E-state index is 7.78. The quantitative estimate of drug-likeness (QED) is 0.160. The fourth-order valence-electron chi connectivity index (χ4n) is 16.0. The van der Waals surface area contributed by atoms with Gasteiger partial charge < -0.3 is 14.2 Å². The Hall–Kier alpha value is -6.46. The maximum absolute atomic E-state index is 7.78. The molecule has 2 unspecified atom stereocenters. The Balaban J connectivity index is 1.16. The minimum atomic E-state index is -0.110. The van der Waals surface area contributed by atoms with Gasteiger partial charge in [0.15, 0.2) is 0 Å². The van der Waals surface area contributed by atoms with Crippen LogP contribution in [0.1, 0.15) is 205 Å². The summed E-state index contributed by atoms with van der Waals surface area (Å²) in [6.07, 6.45) is 9.34. The van der Waals surface area contributed by atoms with Gasteiger partial charge in [-0.05, 0) is 230 Å². The Labute approximate surface area is 472 Å². The number of hydrogen-bond donors (Lipinski definition) is 0. The van der Waals surface area contributed by atoms with Crippen molar-refractivity contribution in [1.29, 1.82) is 0 Å². The summed E-state index contributed by atoms with van der Waals surface area (Å²) in [4.78, 5) is 7.80. The van der Waals surface area contributed by atoms with Gasteiger partial charge in [-0.2, -0.15) is 0 Å². The van der Waals surface area contributed by atoms with E-state index in [-0.39, 0.29) is 39.2 Å². The summed E-state index contributed by atoms with van der Waals surface area (Å²) in [5, 5.41) is 1.26. The van der Waals surface area contributed by atoms with Crippen molar-refractivity contribution in [2.75, 3.05) is 14.7 Å². The third-order valence-corrected chi connectivity index (χ3v) is 21.4. The Morgan fingerprint density at radius 3 is 1.35 bits per heavy atom. The van der Waals surface area contributed by atoms with Crippen molar-refractivity contribution in [3.63, 3.8) is 0 Å². The summed E-state index contributed by atoms with van der Waals surface area (Å²) in [5.74, 6) is 1.90. The van der Waals surface area contributed by atoms with E-state index in [1.54, 1.807) is 0 Å². The fraction of sp³-hybridized carbons (Fsp3) is 0.405. The molecule has 3 heterocycles. The highest BCUT2D eigenvalue weighted by molar-refractivity contribution is 7.01. The van der Waals surface area contributed by atoms with Gasteiger partial charge in [-0.25, -0.2) is 0 Å². The molecule has 4 aliphatic carbocycles. The number of furan rings is 1. The van der Waals surface area contributed by atoms with Crippen LogP contribution in [-0.4, -0.2) is 6.71 Å². The molecule has 402 valence electrons. The van der Waals surface area contributed by atoms with Crippen molar-refractivity contribution in [2.45, 2.75) is 193 Å². The zero-order valence-corrected chi connectivity index (χ0v) is 49.8. The maximum Gasteiger partial charge on any atom is 0.257 e. The van der Waals surface area contributed by atoms with Crippen LogP contribution in [0.3, 0.4) is 0 Å². The summed E-state index contributed by atoms with van der Waals surface area (Å²) in [5.41, 5.74) is 26.4. The molecule has 14 rings (SSSR count). The molecule has 0 saturated heterocycles. The Kier molecular flexibility index (Phi) is 10.9. The lowest BCUT2D eigenvalue weighted by Gasteiger charge is -2.47. The molecule has 6 aliphatic rings. The minimum absolute atomic E-state index is 0.00131. The average Bonchev–Trinajstić information content (AvgIpc) is 4.04. The molecule has 8 aromatic rings. The van der Waals surface area contributed by atoms with Crippen LogP contribution in [0, 0.1) is 0 Å². The predicted molar refractivity (Wildman–Crippen MR) is 337 cm³/mol. The Bertz CT molecular complexity index is 3780. The first-order valence-corrected chi connectivity index (χ1v) is 30.2. The molecule has 5 heteroatoms. The molecular weight excluding hydrogens is 958 g/mol. The molecule has 0 radical (unpaired) electrons. The first-order chi connectivity index (χ1) is 37.4. The van der Waals surface area contributed by atoms with Gasteiger partial charge in [0.2, 0.25) is 5.88 Å². The van der Waals surface area contributed by atoms with Crippen LogP contribution in [0.25, 0.3) is 11.0 Å². The molecule has 0 spiro atoms. The second-order valence-electron chi connectivity index (χ2n) is 29.4. The largest absolute Gasteiger partial charge is 0.440 e. The summed E-state index contributed by atoms with van der Waals surface area (Å²) >= 11 is 0. The molecular formula is C74H82BN3O. The highest BCUT2D eigenvalue weighted by Gasteiger charge is 2.50.